The number of fused-ring (bicyclic) bond motifs is 1. The van der Waals surface area contributed by atoms with Gasteiger partial charge in [0.1, 0.15) is 29.7 Å². The Hall–Kier alpha value is -3.71. The lowest BCUT2D eigenvalue weighted by molar-refractivity contribution is -0.143. The van der Waals surface area contributed by atoms with E-state index in [0.717, 1.165) is 33.7 Å². The van der Waals surface area contributed by atoms with Crippen LogP contribution in [0.3, 0.4) is 0 Å². The van der Waals surface area contributed by atoms with Crippen molar-refractivity contribution in [3.05, 3.63) is 82.6 Å². The first-order valence-corrected chi connectivity index (χ1v) is 12.6. The Kier molecular flexibility index (Phi) is 8.90. The number of rotatable bonds is 12. The first-order chi connectivity index (χ1) is 18.0. The van der Waals surface area contributed by atoms with Crippen LogP contribution >= 0.6 is 11.6 Å². The van der Waals surface area contributed by atoms with Crippen molar-refractivity contribution in [3.8, 4) is 17.2 Å². The number of imidazole rings is 1. The van der Waals surface area contributed by atoms with Gasteiger partial charge in [-0.2, -0.15) is 0 Å². The summed E-state index contributed by atoms with van der Waals surface area (Å²) >= 11 is 6.00. The molecule has 0 aliphatic heterocycles. The quantitative estimate of drug-likeness (QED) is 0.215. The molecule has 1 heterocycles. The number of hydrogen-bond acceptors (Lipinski definition) is 6. The van der Waals surface area contributed by atoms with Gasteiger partial charge in [-0.1, -0.05) is 29.8 Å². The van der Waals surface area contributed by atoms with Gasteiger partial charge in [0.05, 0.1) is 31.4 Å². The average Bonchev–Trinajstić information content (AvgIpc) is 3.22. The molecule has 3 aromatic carbocycles. The fourth-order valence-electron chi connectivity index (χ4n) is 4.01. The van der Waals surface area contributed by atoms with Crippen molar-refractivity contribution in [1.29, 1.82) is 0 Å². The van der Waals surface area contributed by atoms with Gasteiger partial charge in [0.2, 0.25) is 0 Å². The Bertz CT molecular complexity index is 1350. The summed E-state index contributed by atoms with van der Waals surface area (Å²) in [6, 6.07) is 19.1. The van der Waals surface area contributed by atoms with Gasteiger partial charge >= 0.3 is 5.97 Å². The van der Waals surface area contributed by atoms with Crippen molar-refractivity contribution < 1.29 is 23.7 Å². The summed E-state index contributed by atoms with van der Waals surface area (Å²) in [5, 5.41) is 0.675. The number of benzene rings is 3. The highest BCUT2D eigenvalue weighted by molar-refractivity contribution is 6.30. The zero-order chi connectivity index (χ0) is 26.2. The van der Waals surface area contributed by atoms with E-state index in [2.05, 4.69) is 4.57 Å². The van der Waals surface area contributed by atoms with Crippen LogP contribution in [0.5, 0.6) is 17.2 Å². The lowest BCUT2D eigenvalue weighted by atomic mass is 10.1. The monoisotopic (exact) mass is 522 g/mol. The van der Waals surface area contributed by atoms with Crippen molar-refractivity contribution >= 4 is 28.6 Å². The average molecular weight is 523 g/mol. The maximum atomic E-state index is 11.9. The number of aromatic nitrogens is 2. The molecule has 0 amide bonds. The Morgan fingerprint density at radius 3 is 2.51 bits per heavy atom. The molecule has 0 aliphatic carbocycles. The van der Waals surface area contributed by atoms with Gasteiger partial charge in [-0.3, -0.25) is 4.79 Å². The highest BCUT2D eigenvalue weighted by atomic mass is 35.5. The van der Waals surface area contributed by atoms with Crippen LogP contribution in [0.4, 0.5) is 0 Å². The number of methoxy groups -OCH3 is 1. The largest absolute Gasteiger partial charge is 0.497 e. The number of aryl methyl sites for hydroxylation is 2. The highest BCUT2D eigenvalue weighted by Crippen LogP contribution is 2.28. The van der Waals surface area contributed by atoms with Crippen molar-refractivity contribution in [2.75, 3.05) is 20.3 Å². The Morgan fingerprint density at radius 2 is 1.76 bits per heavy atom. The Labute approximate surface area is 221 Å². The van der Waals surface area contributed by atoms with Crippen molar-refractivity contribution in [2.45, 2.75) is 32.8 Å². The number of carbonyl (C=O) groups is 1. The molecule has 0 aliphatic rings. The second-order valence-electron chi connectivity index (χ2n) is 8.53. The minimum atomic E-state index is -0.230. The molecule has 1 aromatic heterocycles. The second-order valence-corrected chi connectivity index (χ2v) is 8.97. The lowest BCUT2D eigenvalue weighted by Crippen LogP contribution is -2.08. The number of hydrogen-bond donors (Lipinski definition) is 0. The topological polar surface area (TPSA) is 71.8 Å². The normalized spacial score (nSPS) is 10.9. The molecule has 0 spiro atoms. The molecule has 0 fully saturated rings. The molecule has 0 N–H and O–H groups in total. The predicted molar refractivity (Wildman–Crippen MR) is 144 cm³/mol. The molecule has 0 saturated heterocycles. The minimum absolute atomic E-state index is 0.230. The molecule has 0 radical (unpaired) electrons. The van der Waals surface area contributed by atoms with E-state index in [9.17, 15) is 4.79 Å². The molecule has 7 nitrogen and oxygen atoms in total. The molecule has 0 unspecified atom stereocenters. The van der Waals surface area contributed by atoms with Gasteiger partial charge in [0.15, 0.2) is 0 Å². The van der Waals surface area contributed by atoms with Crippen molar-refractivity contribution in [3.63, 3.8) is 0 Å². The van der Waals surface area contributed by atoms with Crippen LogP contribution in [-0.4, -0.2) is 35.8 Å². The minimum Gasteiger partial charge on any atom is -0.497 e. The molecular formula is C29H31ClN2O5. The maximum Gasteiger partial charge on any atom is 0.306 e. The molecule has 37 heavy (non-hydrogen) atoms. The summed E-state index contributed by atoms with van der Waals surface area (Å²) < 4.78 is 24.7. The summed E-state index contributed by atoms with van der Waals surface area (Å²) in [4.78, 5) is 16.6. The van der Waals surface area contributed by atoms with E-state index in [1.54, 1.807) is 14.0 Å². The SMILES string of the molecule is CCOC(=O)CCc1ccc(OCCc2nc3ccc(OC)cc3n2C)cc1OCc1ccc(Cl)cc1. The smallest absolute Gasteiger partial charge is 0.306 e. The van der Waals surface area contributed by atoms with Gasteiger partial charge in [-0.05, 0) is 54.8 Å². The van der Waals surface area contributed by atoms with E-state index in [1.165, 1.54) is 0 Å². The lowest BCUT2D eigenvalue weighted by Gasteiger charge is -2.14. The summed E-state index contributed by atoms with van der Waals surface area (Å²) in [5.41, 5.74) is 3.84. The molecule has 4 rings (SSSR count). The van der Waals surface area contributed by atoms with Crippen LogP contribution in [0.15, 0.2) is 60.7 Å². The molecule has 0 saturated carbocycles. The zero-order valence-electron chi connectivity index (χ0n) is 21.3. The summed E-state index contributed by atoms with van der Waals surface area (Å²) in [7, 11) is 3.65. The van der Waals surface area contributed by atoms with E-state index in [1.807, 2.05) is 67.7 Å². The fourth-order valence-corrected chi connectivity index (χ4v) is 4.13. The molecule has 4 aromatic rings. The van der Waals surface area contributed by atoms with Gasteiger partial charge < -0.3 is 23.5 Å². The van der Waals surface area contributed by atoms with Crippen LogP contribution in [0.1, 0.15) is 30.3 Å². The third-order valence-electron chi connectivity index (χ3n) is 6.03. The fraction of sp³-hybridized carbons (Fsp3) is 0.310. The van der Waals surface area contributed by atoms with E-state index >= 15 is 0 Å². The molecule has 194 valence electrons. The van der Waals surface area contributed by atoms with Crippen molar-refractivity contribution in [1.82, 2.24) is 9.55 Å². The third kappa shape index (κ3) is 6.95. The van der Waals surface area contributed by atoms with Gasteiger partial charge in [0, 0.05) is 37.0 Å². The van der Waals surface area contributed by atoms with E-state index in [0.29, 0.717) is 49.2 Å². The van der Waals surface area contributed by atoms with E-state index in [-0.39, 0.29) is 12.4 Å². The Balaban J connectivity index is 1.44. The Morgan fingerprint density at radius 1 is 0.973 bits per heavy atom. The molecule has 0 atom stereocenters. The van der Waals surface area contributed by atoms with Crippen LogP contribution in [0, 0.1) is 0 Å². The first-order valence-electron chi connectivity index (χ1n) is 12.2. The van der Waals surface area contributed by atoms with E-state index < -0.39 is 0 Å². The zero-order valence-corrected chi connectivity index (χ0v) is 22.1. The first kappa shape index (κ1) is 26.4. The van der Waals surface area contributed by atoms with Gasteiger partial charge in [-0.25, -0.2) is 4.98 Å². The van der Waals surface area contributed by atoms with E-state index in [4.69, 9.17) is 35.5 Å². The number of carbonyl (C=O) groups excluding carboxylic acids is 1. The molecule has 0 bridgehead atoms. The third-order valence-corrected chi connectivity index (χ3v) is 6.28. The molecule has 8 heteroatoms. The maximum absolute atomic E-state index is 11.9. The molecular weight excluding hydrogens is 492 g/mol. The number of esters is 1. The highest BCUT2D eigenvalue weighted by Gasteiger charge is 2.12. The summed E-state index contributed by atoms with van der Waals surface area (Å²) in [5.74, 6) is 2.85. The number of halogens is 1. The van der Waals surface area contributed by atoms with Crippen molar-refractivity contribution in [2.24, 2.45) is 7.05 Å². The van der Waals surface area contributed by atoms with Crippen LogP contribution in [0.2, 0.25) is 5.02 Å². The summed E-state index contributed by atoms with van der Waals surface area (Å²) in [6.07, 6.45) is 1.43. The predicted octanol–water partition coefficient (Wildman–Crippen LogP) is 5.93. The number of ether oxygens (including phenoxy) is 4. The number of nitrogens with zero attached hydrogens (tertiary/aromatic N) is 2. The van der Waals surface area contributed by atoms with Crippen LogP contribution in [0.25, 0.3) is 11.0 Å². The van der Waals surface area contributed by atoms with Gasteiger partial charge in [-0.15, -0.1) is 0 Å². The van der Waals surface area contributed by atoms with Crippen LogP contribution < -0.4 is 14.2 Å². The van der Waals surface area contributed by atoms with Gasteiger partial charge in [0.25, 0.3) is 0 Å². The standard InChI is InChI=1S/C29H31ClN2O5/c1-4-35-29(33)14-8-21-7-11-24(18-27(21)37-19-20-5-9-22(30)10-6-20)36-16-15-28-31-25-13-12-23(34-3)17-26(25)32(28)2/h5-7,9-13,17-18H,4,8,14-16,19H2,1-3H3. The van der Waals surface area contributed by atoms with Crippen LogP contribution in [-0.2, 0) is 36.0 Å². The summed E-state index contributed by atoms with van der Waals surface area (Å²) in [6.45, 7) is 2.99. The second kappa shape index (κ2) is 12.5.